The molecular weight excluding hydrogens is 358 g/mol. The van der Waals surface area contributed by atoms with Crippen molar-refractivity contribution < 1.29 is 9.84 Å². The number of aromatic nitrogens is 4. The topological polar surface area (TPSA) is 96.3 Å². The molecule has 8 heteroatoms. The average molecular weight is 383 g/mol. The first-order chi connectivity index (χ1) is 13.6. The van der Waals surface area contributed by atoms with Crippen LogP contribution >= 0.6 is 0 Å². The monoisotopic (exact) mass is 383 g/mol. The van der Waals surface area contributed by atoms with Gasteiger partial charge < -0.3 is 14.7 Å². The Morgan fingerprint density at radius 3 is 2.57 bits per heavy atom. The van der Waals surface area contributed by atoms with Crippen molar-refractivity contribution in [1.82, 2.24) is 19.5 Å². The number of imidazole rings is 1. The Morgan fingerprint density at radius 2 is 1.93 bits per heavy atom. The second kappa shape index (κ2) is 7.73. The third-order valence-electron chi connectivity index (χ3n) is 5.25. The molecule has 3 heterocycles. The molecule has 2 aromatic heterocycles. The van der Waals surface area contributed by atoms with Gasteiger partial charge in [-0.15, -0.1) is 0 Å². The van der Waals surface area contributed by atoms with Gasteiger partial charge in [0, 0.05) is 24.3 Å². The van der Waals surface area contributed by atoms with Crippen LogP contribution in [0.4, 0.5) is 5.69 Å². The standard InChI is InChI=1S/C20H25N5O3/c1-13(2)17(12-26)25-19-18(23-20(25)27)21-11-16(22-19)14-3-5-15(6-4-14)24-7-9-28-10-8-24/h3-6,11,13,17,26H,7-10,12H2,1-2H3,(H,21,23,27)/t17-/m0/s1. The lowest BCUT2D eigenvalue weighted by atomic mass is 10.1. The quantitative estimate of drug-likeness (QED) is 0.698. The van der Waals surface area contributed by atoms with Gasteiger partial charge in [0.2, 0.25) is 0 Å². The number of fused-ring (bicyclic) bond motifs is 1. The number of H-pyrrole nitrogens is 1. The van der Waals surface area contributed by atoms with E-state index in [1.807, 2.05) is 26.0 Å². The van der Waals surface area contributed by atoms with Gasteiger partial charge in [0.1, 0.15) is 0 Å². The number of morpholine rings is 1. The van der Waals surface area contributed by atoms with E-state index in [2.05, 4.69) is 32.0 Å². The van der Waals surface area contributed by atoms with Crippen LogP contribution in [0.5, 0.6) is 0 Å². The van der Waals surface area contributed by atoms with Crippen molar-refractivity contribution in [2.45, 2.75) is 19.9 Å². The summed E-state index contributed by atoms with van der Waals surface area (Å²) in [6.45, 7) is 7.07. The van der Waals surface area contributed by atoms with Gasteiger partial charge in [-0.05, 0) is 18.1 Å². The van der Waals surface area contributed by atoms with Gasteiger partial charge in [0.15, 0.2) is 11.3 Å². The molecule has 0 amide bonds. The number of aliphatic hydroxyl groups excluding tert-OH is 1. The lowest BCUT2D eigenvalue weighted by molar-refractivity contribution is 0.122. The first-order valence-corrected chi connectivity index (χ1v) is 9.59. The third kappa shape index (κ3) is 3.41. The number of benzene rings is 1. The highest BCUT2D eigenvalue weighted by molar-refractivity contribution is 5.71. The van der Waals surface area contributed by atoms with Crippen LogP contribution in [0.1, 0.15) is 19.9 Å². The number of ether oxygens (including phenoxy) is 1. The fourth-order valence-electron chi connectivity index (χ4n) is 3.60. The maximum Gasteiger partial charge on any atom is 0.329 e. The molecule has 148 valence electrons. The second-order valence-corrected chi connectivity index (χ2v) is 7.37. The molecule has 0 spiro atoms. The number of aromatic amines is 1. The SMILES string of the molecule is CC(C)[C@H](CO)n1c(=O)[nH]c2ncc(-c3ccc(N4CCOCC4)cc3)nc21. The van der Waals surface area contributed by atoms with Crippen LogP contribution < -0.4 is 10.6 Å². The zero-order valence-electron chi connectivity index (χ0n) is 16.1. The van der Waals surface area contributed by atoms with Gasteiger partial charge in [-0.2, -0.15) is 0 Å². The van der Waals surface area contributed by atoms with Crippen LogP contribution in [0.25, 0.3) is 22.6 Å². The van der Waals surface area contributed by atoms with Crippen molar-refractivity contribution in [2.24, 2.45) is 5.92 Å². The Balaban J connectivity index is 1.70. The number of hydrogen-bond donors (Lipinski definition) is 2. The number of anilines is 1. The molecule has 1 aromatic carbocycles. The summed E-state index contributed by atoms with van der Waals surface area (Å²) in [6.07, 6.45) is 1.66. The third-order valence-corrected chi connectivity index (χ3v) is 5.25. The largest absolute Gasteiger partial charge is 0.394 e. The van der Waals surface area contributed by atoms with Crippen LogP contribution in [0.3, 0.4) is 0 Å². The predicted molar refractivity (Wildman–Crippen MR) is 108 cm³/mol. The van der Waals surface area contributed by atoms with Crippen molar-refractivity contribution in [3.63, 3.8) is 0 Å². The molecule has 4 rings (SSSR count). The minimum Gasteiger partial charge on any atom is -0.394 e. The Labute approximate surface area is 162 Å². The van der Waals surface area contributed by atoms with Crippen LogP contribution in [0.15, 0.2) is 35.3 Å². The smallest absolute Gasteiger partial charge is 0.329 e. The summed E-state index contributed by atoms with van der Waals surface area (Å²) in [4.78, 5) is 26.5. The molecule has 3 aromatic rings. The van der Waals surface area contributed by atoms with Crippen LogP contribution in [-0.4, -0.2) is 57.5 Å². The van der Waals surface area contributed by atoms with E-state index < -0.39 is 0 Å². The highest BCUT2D eigenvalue weighted by atomic mass is 16.5. The lowest BCUT2D eigenvalue weighted by Gasteiger charge is -2.28. The summed E-state index contributed by atoms with van der Waals surface area (Å²) < 4.78 is 6.92. The Bertz CT molecular complexity index is 1000. The van der Waals surface area contributed by atoms with Gasteiger partial charge in [-0.1, -0.05) is 26.0 Å². The van der Waals surface area contributed by atoms with Crippen molar-refractivity contribution >= 4 is 17.0 Å². The van der Waals surface area contributed by atoms with E-state index in [1.165, 1.54) is 4.57 Å². The van der Waals surface area contributed by atoms with E-state index in [0.717, 1.165) is 37.6 Å². The molecule has 28 heavy (non-hydrogen) atoms. The zero-order valence-corrected chi connectivity index (χ0v) is 16.1. The van der Waals surface area contributed by atoms with Gasteiger partial charge in [0.05, 0.1) is 37.8 Å². The first-order valence-electron chi connectivity index (χ1n) is 9.59. The first kappa shape index (κ1) is 18.6. The molecule has 1 aliphatic heterocycles. The molecule has 0 saturated carbocycles. The predicted octanol–water partition coefficient (Wildman–Crippen LogP) is 1.81. The van der Waals surface area contributed by atoms with Crippen molar-refractivity contribution in [1.29, 1.82) is 0 Å². The molecular formula is C20H25N5O3. The molecule has 1 atom stereocenters. The molecule has 2 N–H and O–H groups in total. The Morgan fingerprint density at radius 1 is 1.21 bits per heavy atom. The van der Waals surface area contributed by atoms with E-state index in [-0.39, 0.29) is 24.3 Å². The minimum atomic E-state index is -0.352. The van der Waals surface area contributed by atoms with Gasteiger partial charge in [-0.3, -0.25) is 9.55 Å². The molecule has 1 saturated heterocycles. The summed E-state index contributed by atoms with van der Waals surface area (Å²) in [5, 5.41) is 9.76. The van der Waals surface area contributed by atoms with Gasteiger partial charge in [0.25, 0.3) is 0 Å². The highest BCUT2D eigenvalue weighted by Crippen LogP contribution is 2.24. The fourth-order valence-corrected chi connectivity index (χ4v) is 3.60. The molecule has 1 fully saturated rings. The fraction of sp³-hybridized carbons (Fsp3) is 0.450. The molecule has 0 bridgehead atoms. The van der Waals surface area contributed by atoms with Crippen LogP contribution in [-0.2, 0) is 4.74 Å². The van der Waals surface area contributed by atoms with Crippen molar-refractivity contribution in [2.75, 3.05) is 37.8 Å². The molecule has 8 nitrogen and oxygen atoms in total. The second-order valence-electron chi connectivity index (χ2n) is 7.37. The van der Waals surface area contributed by atoms with E-state index in [9.17, 15) is 9.90 Å². The number of rotatable bonds is 5. The minimum absolute atomic E-state index is 0.0833. The van der Waals surface area contributed by atoms with Crippen molar-refractivity contribution in [3.05, 3.63) is 40.9 Å². The number of aliphatic hydroxyl groups is 1. The Kier molecular flexibility index (Phi) is 5.15. The maximum atomic E-state index is 12.4. The number of nitrogens with zero attached hydrogens (tertiary/aromatic N) is 4. The van der Waals surface area contributed by atoms with E-state index >= 15 is 0 Å². The highest BCUT2D eigenvalue weighted by Gasteiger charge is 2.21. The summed E-state index contributed by atoms with van der Waals surface area (Å²) in [5.41, 5.74) is 3.36. The van der Waals surface area contributed by atoms with Crippen LogP contribution in [0, 0.1) is 5.92 Å². The summed E-state index contributed by atoms with van der Waals surface area (Å²) >= 11 is 0. The van der Waals surface area contributed by atoms with Gasteiger partial charge in [-0.25, -0.2) is 14.8 Å². The normalized spacial score (nSPS) is 16.1. The van der Waals surface area contributed by atoms with E-state index in [1.54, 1.807) is 6.20 Å². The summed E-state index contributed by atoms with van der Waals surface area (Å²) in [6, 6.07) is 7.82. The Hall–Kier alpha value is -2.71. The maximum absolute atomic E-state index is 12.4. The molecule has 0 aliphatic carbocycles. The van der Waals surface area contributed by atoms with Crippen LogP contribution in [0.2, 0.25) is 0 Å². The summed E-state index contributed by atoms with van der Waals surface area (Å²) in [7, 11) is 0. The van der Waals surface area contributed by atoms with E-state index in [0.29, 0.717) is 17.0 Å². The summed E-state index contributed by atoms with van der Waals surface area (Å²) in [5.74, 6) is 0.0833. The van der Waals surface area contributed by atoms with E-state index in [4.69, 9.17) is 4.74 Å². The zero-order chi connectivity index (χ0) is 19.7. The molecule has 1 aliphatic rings. The lowest BCUT2D eigenvalue weighted by Crippen LogP contribution is -2.36. The number of nitrogens with one attached hydrogen (secondary N) is 1. The van der Waals surface area contributed by atoms with Gasteiger partial charge >= 0.3 is 5.69 Å². The average Bonchev–Trinajstić information content (AvgIpc) is 3.04. The number of hydrogen-bond acceptors (Lipinski definition) is 6. The van der Waals surface area contributed by atoms with Crippen molar-refractivity contribution in [3.8, 4) is 11.3 Å². The molecule has 0 radical (unpaired) electrons. The molecule has 0 unspecified atom stereocenters.